The molecule has 0 aliphatic carbocycles. The summed E-state index contributed by atoms with van der Waals surface area (Å²) in [6, 6.07) is 0. The summed E-state index contributed by atoms with van der Waals surface area (Å²) in [7, 11) is 0. The monoisotopic (exact) mass is 206 g/mol. The molecule has 1 fully saturated rings. The Morgan fingerprint density at radius 3 is 2.86 bits per heavy atom. The lowest BCUT2D eigenvalue weighted by Gasteiger charge is -2.24. The zero-order valence-electron chi connectivity index (χ0n) is 8.18. The number of halogens is 2. The van der Waals surface area contributed by atoms with Gasteiger partial charge in [-0.25, -0.2) is 8.78 Å². The highest BCUT2D eigenvalue weighted by molar-refractivity contribution is 4.78. The maximum Gasteiger partial charge on any atom is 0.274 e. The average molecular weight is 206 g/mol. The van der Waals surface area contributed by atoms with E-state index in [-0.39, 0.29) is 6.42 Å². The van der Waals surface area contributed by atoms with E-state index in [2.05, 4.69) is 6.58 Å². The van der Waals surface area contributed by atoms with Gasteiger partial charge in [-0.15, -0.1) is 6.58 Å². The van der Waals surface area contributed by atoms with Gasteiger partial charge in [0.15, 0.2) is 6.29 Å². The van der Waals surface area contributed by atoms with Gasteiger partial charge in [0.25, 0.3) is 5.92 Å². The number of ether oxygens (including phenoxy) is 2. The summed E-state index contributed by atoms with van der Waals surface area (Å²) >= 11 is 0. The summed E-state index contributed by atoms with van der Waals surface area (Å²) in [6.07, 6.45) is 3.09. The van der Waals surface area contributed by atoms with Gasteiger partial charge in [-0.3, -0.25) is 0 Å². The van der Waals surface area contributed by atoms with Gasteiger partial charge >= 0.3 is 0 Å². The molecule has 0 aromatic heterocycles. The number of allylic oxidation sites excluding steroid dienone is 1. The lowest BCUT2D eigenvalue weighted by Crippen LogP contribution is -2.30. The van der Waals surface area contributed by atoms with E-state index in [0.29, 0.717) is 13.0 Å². The topological polar surface area (TPSA) is 18.5 Å². The van der Waals surface area contributed by atoms with Gasteiger partial charge in [0, 0.05) is 13.0 Å². The number of alkyl halides is 2. The predicted molar refractivity (Wildman–Crippen MR) is 49.3 cm³/mol. The first-order chi connectivity index (χ1) is 6.64. The van der Waals surface area contributed by atoms with Crippen molar-refractivity contribution in [3.05, 3.63) is 12.7 Å². The van der Waals surface area contributed by atoms with E-state index in [1.165, 1.54) is 6.08 Å². The molecule has 1 heterocycles. The second-order valence-electron chi connectivity index (χ2n) is 3.46. The normalized spacial score (nSPS) is 23.4. The van der Waals surface area contributed by atoms with Crippen molar-refractivity contribution >= 4 is 0 Å². The van der Waals surface area contributed by atoms with Gasteiger partial charge in [0.05, 0.1) is 0 Å². The van der Waals surface area contributed by atoms with Crippen LogP contribution in [0, 0.1) is 0 Å². The number of rotatable bonds is 5. The Labute approximate surface area is 82.9 Å². The molecular formula is C10H16F2O2. The fourth-order valence-electron chi connectivity index (χ4n) is 1.33. The molecular weight excluding hydrogens is 190 g/mol. The standard InChI is InChI=1S/C10H16F2O2/c1-2-6-10(11,12)8-14-9-5-3-4-7-13-9/h2,9H,1,3-8H2. The SMILES string of the molecule is C=CCC(F)(F)COC1CCCCO1. The molecule has 1 atom stereocenters. The molecule has 4 heteroatoms. The van der Waals surface area contributed by atoms with E-state index in [1.807, 2.05) is 0 Å². The van der Waals surface area contributed by atoms with E-state index in [1.54, 1.807) is 0 Å². The first-order valence-electron chi connectivity index (χ1n) is 4.86. The molecule has 0 bridgehead atoms. The Morgan fingerprint density at radius 2 is 2.29 bits per heavy atom. The van der Waals surface area contributed by atoms with Crippen LogP contribution in [-0.4, -0.2) is 25.4 Å². The lowest BCUT2D eigenvalue weighted by molar-refractivity contribution is -0.199. The molecule has 14 heavy (non-hydrogen) atoms. The Kier molecular flexibility index (Phi) is 4.48. The Morgan fingerprint density at radius 1 is 1.50 bits per heavy atom. The molecule has 0 radical (unpaired) electrons. The van der Waals surface area contributed by atoms with Crippen LogP contribution in [0.3, 0.4) is 0 Å². The minimum absolute atomic E-state index is 0.348. The highest BCUT2D eigenvalue weighted by atomic mass is 19.3. The minimum atomic E-state index is -2.82. The first-order valence-corrected chi connectivity index (χ1v) is 4.86. The summed E-state index contributed by atoms with van der Waals surface area (Å²) < 4.78 is 36.0. The van der Waals surface area contributed by atoms with Gasteiger partial charge in [-0.05, 0) is 19.3 Å². The van der Waals surface area contributed by atoms with E-state index < -0.39 is 18.8 Å². The minimum Gasteiger partial charge on any atom is -0.353 e. The van der Waals surface area contributed by atoms with Crippen molar-refractivity contribution < 1.29 is 18.3 Å². The highest BCUT2D eigenvalue weighted by Gasteiger charge is 2.29. The largest absolute Gasteiger partial charge is 0.353 e. The van der Waals surface area contributed by atoms with Crippen LogP contribution in [-0.2, 0) is 9.47 Å². The molecule has 0 spiro atoms. The molecule has 1 unspecified atom stereocenters. The van der Waals surface area contributed by atoms with Crippen LogP contribution in [0.4, 0.5) is 8.78 Å². The third-order valence-corrected chi connectivity index (χ3v) is 2.06. The molecule has 1 saturated heterocycles. The van der Waals surface area contributed by atoms with Crippen LogP contribution in [0.5, 0.6) is 0 Å². The van der Waals surface area contributed by atoms with Crippen molar-refractivity contribution in [2.24, 2.45) is 0 Å². The van der Waals surface area contributed by atoms with Crippen molar-refractivity contribution in [1.82, 2.24) is 0 Å². The molecule has 0 amide bonds. The average Bonchev–Trinajstić information content (AvgIpc) is 2.17. The molecule has 2 nitrogen and oxygen atoms in total. The summed E-state index contributed by atoms with van der Waals surface area (Å²) in [4.78, 5) is 0. The highest BCUT2D eigenvalue weighted by Crippen LogP contribution is 2.22. The van der Waals surface area contributed by atoms with Crippen molar-refractivity contribution in [3.8, 4) is 0 Å². The quantitative estimate of drug-likeness (QED) is 0.644. The van der Waals surface area contributed by atoms with Gasteiger partial charge in [-0.2, -0.15) is 0 Å². The second kappa shape index (κ2) is 5.41. The Balaban J connectivity index is 2.20. The third kappa shape index (κ3) is 4.15. The molecule has 1 aliphatic rings. The summed E-state index contributed by atoms with van der Waals surface area (Å²) in [6.45, 7) is 3.30. The smallest absolute Gasteiger partial charge is 0.274 e. The van der Waals surface area contributed by atoms with Crippen LogP contribution >= 0.6 is 0 Å². The van der Waals surface area contributed by atoms with E-state index in [4.69, 9.17) is 9.47 Å². The molecule has 0 saturated carbocycles. The fourth-order valence-corrected chi connectivity index (χ4v) is 1.33. The molecule has 0 aromatic rings. The summed E-state index contributed by atoms with van der Waals surface area (Å²) in [5, 5.41) is 0. The maximum absolute atomic E-state index is 12.9. The third-order valence-electron chi connectivity index (χ3n) is 2.06. The summed E-state index contributed by atoms with van der Waals surface area (Å²) in [5.74, 6) is -2.82. The maximum atomic E-state index is 12.9. The van der Waals surface area contributed by atoms with Crippen LogP contribution < -0.4 is 0 Å². The van der Waals surface area contributed by atoms with Crippen LogP contribution in [0.2, 0.25) is 0 Å². The summed E-state index contributed by atoms with van der Waals surface area (Å²) in [5.41, 5.74) is 0. The molecule has 0 N–H and O–H groups in total. The van der Waals surface area contributed by atoms with Gasteiger partial charge in [0.2, 0.25) is 0 Å². The lowest BCUT2D eigenvalue weighted by atomic mass is 10.2. The van der Waals surface area contributed by atoms with Crippen LogP contribution in [0.15, 0.2) is 12.7 Å². The first kappa shape index (κ1) is 11.6. The van der Waals surface area contributed by atoms with E-state index in [9.17, 15) is 8.78 Å². The van der Waals surface area contributed by atoms with Gasteiger partial charge in [-0.1, -0.05) is 6.08 Å². The van der Waals surface area contributed by atoms with E-state index in [0.717, 1.165) is 12.8 Å². The fraction of sp³-hybridized carbons (Fsp3) is 0.800. The van der Waals surface area contributed by atoms with Crippen molar-refractivity contribution in [2.45, 2.75) is 37.9 Å². The molecule has 0 aromatic carbocycles. The van der Waals surface area contributed by atoms with Crippen LogP contribution in [0.25, 0.3) is 0 Å². The number of hydrogen-bond acceptors (Lipinski definition) is 2. The van der Waals surface area contributed by atoms with Crippen molar-refractivity contribution in [2.75, 3.05) is 13.2 Å². The van der Waals surface area contributed by atoms with Crippen molar-refractivity contribution in [1.29, 1.82) is 0 Å². The predicted octanol–water partition coefficient (Wildman–Crippen LogP) is 2.74. The second-order valence-corrected chi connectivity index (χ2v) is 3.46. The van der Waals surface area contributed by atoms with Crippen molar-refractivity contribution in [3.63, 3.8) is 0 Å². The van der Waals surface area contributed by atoms with Crippen LogP contribution in [0.1, 0.15) is 25.7 Å². The number of hydrogen-bond donors (Lipinski definition) is 0. The molecule has 1 aliphatic heterocycles. The molecule has 82 valence electrons. The Bertz CT molecular complexity index is 177. The van der Waals surface area contributed by atoms with Gasteiger partial charge in [0.1, 0.15) is 6.61 Å². The van der Waals surface area contributed by atoms with Gasteiger partial charge < -0.3 is 9.47 Å². The molecule has 1 rings (SSSR count). The zero-order valence-corrected chi connectivity index (χ0v) is 8.18. The van der Waals surface area contributed by atoms with E-state index >= 15 is 0 Å². The Hall–Kier alpha value is -0.480. The zero-order chi connectivity index (χ0) is 10.4.